The number of aliphatic imine (C=N–C) groups is 1. The molecule has 0 bridgehead atoms. The second kappa shape index (κ2) is 6.31. The number of rotatable bonds is 4. The fraction of sp³-hybridized carbons (Fsp3) is 0.765. The summed E-state index contributed by atoms with van der Waals surface area (Å²) in [5, 5.41) is 7.54. The van der Waals surface area contributed by atoms with Crippen molar-refractivity contribution in [2.24, 2.45) is 10.4 Å². The summed E-state index contributed by atoms with van der Waals surface area (Å²) in [5.41, 5.74) is 2.90. The van der Waals surface area contributed by atoms with Gasteiger partial charge < -0.3 is 14.7 Å². The van der Waals surface area contributed by atoms with Crippen LogP contribution >= 0.6 is 0 Å². The first kappa shape index (κ1) is 15.4. The lowest BCUT2D eigenvalue weighted by molar-refractivity contribution is 0.151. The van der Waals surface area contributed by atoms with Crippen LogP contribution in [0.2, 0.25) is 0 Å². The quantitative estimate of drug-likeness (QED) is 0.528. The van der Waals surface area contributed by atoms with Crippen molar-refractivity contribution in [2.75, 3.05) is 26.7 Å². The molecule has 1 aliphatic carbocycles. The number of aromatic nitrogens is 1. The second-order valence-electron chi connectivity index (χ2n) is 6.91. The van der Waals surface area contributed by atoms with Crippen LogP contribution in [0.15, 0.2) is 9.52 Å². The first-order valence-corrected chi connectivity index (χ1v) is 8.51. The molecular weight excluding hydrogens is 276 g/mol. The summed E-state index contributed by atoms with van der Waals surface area (Å²) in [5.74, 6) is 2.02. The molecular formula is C17H28N4O. The maximum atomic E-state index is 5.22. The Morgan fingerprint density at radius 3 is 2.73 bits per heavy atom. The van der Waals surface area contributed by atoms with Crippen LogP contribution in [-0.4, -0.2) is 42.7 Å². The van der Waals surface area contributed by atoms with E-state index >= 15 is 0 Å². The van der Waals surface area contributed by atoms with Crippen molar-refractivity contribution in [1.29, 1.82) is 0 Å². The predicted octanol–water partition coefficient (Wildman–Crippen LogP) is 2.68. The van der Waals surface area contributed by atoms with E-state index in [2.05, 4.69) is 20.4 Å². The Labute approximate surface area is 133 Å². The number of nitrogens with zero attached hydrogens (tertiary/aromatic N) is 3. The Bertz CT molecular complexity index is 525. The summed E-state index contributed by atoms with van der Waals surface area (Å²) in [6.07, 6.45) is 7.65. The van der Waals surface area contributed by atoms with Gasteiger partial charge in [-0.2, -0.15) is 0 Å². The van der Waals surface area contributed by atoms with Gasteiger partial charge in [-0.05, 0) is 51.4 Å². The molecule has 2 fully saturated rings. The topological polar surface area (TPSA) is 53.7 Å². The number of likely N-dealkylation sites (tertiary alicyclic amines) is 1. The highest BCUT2D eigenvalue weighted by Gasteiger charge is 2.43. The number of aryl methyl sites for hydroxylation is 2. The maximum Gasteiger partial charge on any atom is 0.193 e. The highest BCUT2D eigenvalue weighted by molar-refractivity contribution is 5.80. The molecule has 0 unspecified atom stereocenters. The molecule has 5 heteroatoms. The van der Waals surface area contributed by atoms with E-state index in [9.17, 15) is 0 Å². The van der Waals surface area contributed by atoms with E-state index in [1.807, 2.05) is 20.9 Å². The summed E-state index contributed by atoms with van der Waals surface area (Å²) in [4.78, 5) is 6.90. The molecule has 122 valence electrons. The van der Waals surface area contributed by atoms with Crippen molar-refractivity contribution in [3.8, 4) is 0 Å². The third-order valence-corrected chi connectivity index (χ3v) is 5.43. The van der Waals surface area contributed by atoms with E-state index in [1.54, 1.807) is 0 Å². The van der Waals surface area contributed by atoms with Gasteiger partial charge in [0.15, 0.2) is 5.96 Å². The standard InChI is InChI=1S/C17H28N4O/c1-13-15(14(2)22-20-13)6-4-10-19-16(18-3)21-11-9-17(12-21)7-5-8-17/h4-12H2,1-3H3,(H,18,19). The smallest absolute Gasteiger partial charge is 0.193 e. The normalized spacial score (nSPS) is 20.5. The molecule has 1 saturated heterocycles. The molecule has 2 aliphatic rings. The summed E-state index contributed by atoms with van der Waals surface area (Å²) < 4.78 is 5.22. The molecule has 1 saturated carbocycles. The maximum absolute atomic E-state index is 5.22. The Hall–Kier alpha value is -1.52. The summed E-state index contributed by atoms with van der Waals surface area (Å²) in [6.45, 7) is 7.30. The van der Waals surface area contributed by atoms with E-state index in [-0.39, 0.29) is 0 Å². The summed E-state index contributed by atoms with van der Waals surface area (Å²) in [7, 11) is 1.89. The Morgan fingerprint density at radius 1 is 1.36 bits per heavy atom. The van der Waals surface area contributed by atoms with E-state index in [0.717, 1.165) is 43.3 Å². The van der Waals surface area contributed by atoms with Crippen LogP contribution in [0.1, 0.15) is 49.1 Å². The zero-order valence-electron chi connectivity index (χ0n) is 14.1. The molecule has 1 N–H and O–H groups in total. The molecule has 1 aromatic heterocycles. The molecule has 1 aliphatic heterocycles. The number of hydrogen-bond donors (Lipinski definition) is 1. The van der Waals surface area contributed by atoms with Gasteiger partial charge in [-0.1, -0.05) is 11.6 Å². The molecule has 5 nitrogen and oxygen atoms in total. The molecule has 0 aromatic carbocycles. The monoisotopic (exact) mass is 304 g/mol. The average molecular weight is 304 g/mol. The van der Waals surface area contributed by atoms with Gasteiger partial charge in [0.25, 0.3) is 0 Å². The van der Waals surface area contributed by atoms with Crippen molar-refractivity contribution in [3.63, 3.8) is 0 Å². The van der Waals surface area contributed by atoms with E-state index in [0.29, 0.717) is 5.41 Å². The van der Waals surface area contributed by atoms with Crippen LogP contribution in [0.4, 0.5) is 0 Å². The lowest BCUT2D eigenvalue weighted by atomic mass is 9.68. The number of guanidine groups is 1. The highest BCUT2D eigenvalue weighted by atomic mass is 16.5. The minimum Gasteiger partial charge on any atom is -0.361 e. The fourth-order valence-corrected chi connectivity index (χ4v) is 3.86. The van der Waals surface area contributed by atoms with Crippen LogP contribution in [-0.2, 0) is 6.42 Å². The molecule has 0 atom stereocenters. The Kier molecular flexibility index (Phi) is 4.41. The summed E-state index contributed by atoms with van der Waals surface area (Å²) >= 11 is 0. The third-order valence-electron chi connectivity index (χ3n) is 5.43. The van der Waals surface area contributed by atoms with Gasteiger partial charge in [-0.3, -0.25) is 4.99 Å². The van der Waals surface area contributed by atoms with Gasteiger partial charge in [0, 0.05) is 32.2 Å². The van der Waals surface area contributed by atoms with Gasteiger partial charge >= 0.3 is 0 Å². The zero-order valence-corrected chi connectivity index (χ0v) is 14.1. The summed E-state index contributed by atoms with van der Waals surface area (Å²) in [6, 6.07) is 0. The van der Waals surface area contributed by atoms with Crippen molar-refractivity contribution >= 4 is 5.96 Å². The Morgan fingerprint density at radius 2 is 2.18 bits per heavy atom. The van der Waals surface area contributed by atoms with Crippen molar-refractivity contribution in [2.45, 2.75) is 52.4 Å². The highest BCUT2D eigenvalue weighted by Crippen LogP contribution is 2.47. The number of hydrogen-bond acceptors (Lipinski definition) is 3. The van der Waals surface area contributed by atoms with Crippen LogP contribution in [0, 0.1) is 19.3 Å². The minimum absolute atomic E-state index is 0.619. The zero-order chi connectivity index (χ0) is 15.6. The van der Waals surface area contributed by atoms with Crippen LogP contribution in [0.25, 0.3) is 0 Å². The van der Waals surface area contributed by atoms with Crippen LogP contribution in [0.3, 0.4) is 0 Å². The molecule has 0 radical (unpaired) electrons. The van der Waals surface area contributed by atoms with Gasteiger partial charge in [0.05, 0.1) is 5.69 Å². The van der Waals surface area contributed by atoms with Gasteiger partial charge in [-0.25, -0.2) is 0 Å². The lowest BCUT2D eigenvalue weighted by Crippen LogP contribution is -2.42. The predicted molar refractivity (Wildman–Crippen MR) is 88.1 cm³/mol. The van der Waals surface area contributed by atoms with Crippen molar-refractivity contribution < 1.29 is 4.52 Å². The van der Waals surface area contributed by atoms with Gasteiger partial charge in [0.2, 0.25) is 0 Å². The molecule has 1 spiro atoms. The molecule has 3 rings (SSSR count). The molecule has 22 heavy (non-hydrogen) atoms. The largest absolute Gasteiger partial charge is 0.361 e. The minimum atomic E-state index is 0.619. The third kappa shape index (κ3) is 2.99. The van der Waals surface area contributed by atoms with Gasteiger partial charge in [-0.15, -0.1) is 0 Å². The first-order valence-electron chi connectivity index (χ1n) is 8.51. The SMILES string of the molecule is CN=C(NCCCc1c(C)noc1C)N1CCC2(CCC2)C1. The first-order chi connectivity index (χ1) is 10.6. The lowest BCUT2D eigenvalue weighted by Gasteiger charge is -2.38. The molecule has 2 heterocycles. The van der Waals surface area contributed by atoms with Gasteiger partial charge in [0.1, 0.15) is 5.76 Å². The van der Waals surface area contributed by atoms with Crippen LogP contribution < -0.4 is 5.32 Å². The molecule has 0 amide bonds. The van der Waals surface area contributed by atoms with Crippen LogP contribution in [0.5, 0.6) is 0 Å². The van der Waals surface area contributed by atoms with Crippen molar-refractivity contribution in [3.05, 3.63) is 17.0 Å². The number of nitrogens with one attached hydrogen (secondary N) is 1. The van der Waals surface area contributed by atoms with E-state index < -0.39 is 0 Å². The molecule has 1 aromatic rings. The fourth-order valence-electron chi connectivity index (χ4n) is 3.86. The van der Waals surface area contributed by atoms with E-state index in [4.69, 9.17) is 4.52 Å². The van der Waals surface area contributed by atoms with E-state index in [1.165, 1.54) is 37.8 Å². The Balaban J connectivity index is 1.44. The second-order valence-corrected chi connectivity index (χ2v) is 6.91. The average Bonchev–Trinajstić information content (AvgIpc) is 3.05. The van der Waals surface area contributed by atoms with Crippen molar-refractivity contribution in [1.82, 2.24) is 15.4 Å².